The van der Waals surface area contributed by atoms with Crippen molar-refractivity contribution in [3.8, 4) is 0 Å². The van der Waals surface area contributed by atoms with Gasteiger partial charge in [0.05, 0.1) is 0 Å². The molecule has 2 rings (SSSR count). The second-order valence-electron chi connectivity index (χ2n) is 3.61. The lowest BCUT2D eigenvalue weighted by Crippen LogP contribution is -2.28. The minimum atomic E-state index is -0.689. The molecule has 0 unspecified atom stereocenters. The molecule has 68 valence electrons. The summed E-state index contributed by atoms with van der Waals surface area (Å²) in [5.74, 6) is -0.712. The predicted octanol–water partition coefficient (Wildman–Crippen LogP) is 0.452. The molecule has 4 heteroatoms. The van der Waals surface area contributed by atoms with Crippen LogP contribution >= 0.6 is 0 Å². The van der Waals surface area contributed by atoms with Crippen molar-refractivity contribution in [2.45, 2.75) is 45.1 Å². The molecule has 3 atom stereocenters. The van der Waals surface area contributed by atoms with Crippen LogP contribution in [-0.2, 0) is 19.0 Å². The first-order valence-electron chi connectivity index (χ1n) is 4.04. The van der Waals surface area contributed by atoms with Gasteiger partial charge in [-0.05, 0) is 20.8 Å². The van der Waals surface area contributed by atoms with E-state index in [-0.39, 0.29) is 5.78 Å². The van der Waals surface area contributed by atoms with Crippen LogP contribution in [0.15, 0.2) is 0 Å². The number of ether oxygens (including phenoxy) is 3. The van der Waals surface area contributed by atoms with Gasteiger partial charge in [-0.2, -0.15) is 0 Å². The first kappa shape index (κ1) is 8.16. The van der Waals surface area contributed by atoms with Crippen molar-refractivity contribution in [2.24, 2.45) is 0 Å². The fraction of sp³-hybridized carbons (Fsp3) is 0.875. The van der Waals surface area contributed by atoms with Crippen LogP contribution in [0.2, 0.25) is 0 Å². The zero-order valence-electron chi connectivity index (χ0n) is 7.37. The molecule has 0 saturated carbocycles. The van der Waals surface area contributed by atoms with E-state index in [1.54, 1.807) is 20.8 Å². The topological polar surface area (TPSA) is 44.8 Å². The first-order valence-corrected chi connectivity index (χ1v) is 4.04. The van der Waals surface area contributed by atoms with Crippen molar-refractivity contribution in [3.05, 3.63) is 0 Å². The summed E-state index contributed by atoms with van der Waals surface area (Å²) in [6.45, 7) is 5.25. The van der Waals surface area contributed by atoms with Crippen molar-refractivity contribution in [1.29, 1.82) is 0 Å². The Kier molecular flexibility index (Phi) is 1.55. The van der Waals surface area contributed by atoms with Crippen LogP contribution in [0, 0.1) is 0 Å². The van der Waals surface area contributed by atoms with Crippen LogP contribution in [0.3, 0.4) is 0 Å². The molecule has 2 aliphatic rings. The average molecular weight is 172 g/mol. The monoisotopic (exact) mass is 172 g/mol. The summed E-state index contributed by atoms with van der Waals surface area (Å²) >= 11 is 0. The molecule has 0 radical (unpaired) electrons. The largest absolute Gasteiger partial charge is 0.338 e. The molecule has 2 fully saturated rings. The van der Waals surface area contributed by atoms with E-state index in [2.05, 4.69) is 0 Å². The molecule has 2 heterocycles. The number of rotatable bonds is 0. The zero-order valence-corrected chi connectivity index (χ0v) is 7.37. The van der Waals surface area contributed by atoms with Gasteiger partial charge in [0.2, 0.25) is 0 Å². The molecular formula is C8H12O4. The Balaban J connectivity index is 2.16. The Labute approximate surface area is 70.8 Å². The molecule has 0 amide bonds. The summed E-state index contributed by atoms with van der Waals surface area (Å²) in [4.78, 5) is 11.3. The third kappa shape index (κ3) is 1.07. The van der Waals surface area contributed by atoms with E-state index >= 15 is 0 Å². The Morgan fingerprint density at radius 2 is 2.00 bits per heavy atom. The summed E-state index contributed by atoms with van der Waals surface area (Å²) < 4.78 is 15.9. The van der Waals surface area contributed by atoms with Crippen molar-refractivity contribution in [1.82, 2.24) is 0 Å². The first-order chi connectivity index (χ1) is 5.49. The molecule has 2 saturated heterocycles. The Bertz CT molecular complexity index is 223. The van der Waals surface area contributed by atoms with Crippen molar-refractivity contribution >= 4 is 5.78 Å². The Hall–Kier alpha value is -0.450. The predicted molar refractivity (Wildman–Crippen MR) is 39.4 cm³/mol. The summed E-state index contributed by atoms with van der Waals surface area (Å²) in [5, 5.41) is 0. The molecule has 0 spiro atoms. The van der Waals surface area contributed by atoms with E-state index < -0.39 is 24.3 Å². The lowest BCUT2D eigenvalue weighted by Gasteiger charge is -2.18. The number of fused-ring (bicyclic) bond motifs is 1. The van der Waals surface area contributed by atoms with Gasteiger partial charge in [0.25, 0.3) is 0 Å². The van der Waals surface area contributed by atoms with E-state index in [0.717, 1.165) is 0 Å². The fourth-order valence-corrected chi connectivity index (χ4v) is 1.52. The number of hydrogen-bond acceptors (Lipinski definition) is 4. The lowest BCUT2D eigenvalue weighted by molar-refractivity contribution is -0.202. The highest BCUT2D eigenvalue weighted by Crippen LogP contribution is 2.34. The van der Waals surface area contributed by atoms with Crippen molar-refractivity contribution in [2.75, 3.05) is 0 Å². The van der Waals surface area contributed by atoms with Gasteiger partial charge in [-0.15, -0.1) is 0 Å². The summed E-state index contributed by atoms with van der Waals surface area (Å²) in [6.07, 6.45) is -1.41. The SMILES string of the molecule is C[C@H]1O[C@@H]2OC(C)(C)O[C@@H]2C1=O. The molecular weight excluding hydrogens is 160 g/mol. The maximum absolute atomic E-state index is 11.3. The zero-order chi connectivity index (χ0) is 8.93. The molecule has 0 bridgehead atoms. The molecule has 0 N–H and O–H groups in total. The second-order valence-corrected chi connectivity index (χ2v) is 3.61. The molecule has 0 aromatic rings. The maximum atomic E-state index is 11.3. The van der Waals surface area contributed by atoms with E-state index in [9.17, 15) is 4.79 Å². The van der Waals surface area contributed by atoms with E-state index in [1.165, 1.54) is 0 Å². The van der Waals surface area contributed by atoms with Gasteiger partial charge < -0.3 is 14.2 Å². The number of ketones is 1. The van der Waals surface area contributed by atoms with Crippen LogP contribution in [0.1, 0.15) is 20.8 Å². The average Bonchev–Trinajstić information content (AvgIpc) is 2.33. The molecule has 0 aromatic heterocycles. The molecule has 4 nitrogen and oxygen atoms in total. The lowest BCUT2D eigenvalue weighted by atomic mass is 10.2. The summed E-state index contributed by atoms with van der Waals surface area (Å²) in [5.41, 5.74) is 0. The van der Waals surface area contributed by atoms with Gasteiger partial charge in [-0.25, -0.2) is 0 Å². The van der Waals surface area contributed by atoms with Gasteiger partial charge in [-0.1, -0.05) is 0 Å². The van der Waals surface area contributed by atoms with Crippen molar-refractivity contribution in [3.63, 3.8) is 0 Å². The third-order valence-electron chi connectivity index (χ3n) is 2.08. The highest BCUT2D eigenvalue weighted by molar-refractivity contribution is 5.89. The third-order valence-corrected chi connectivity index (χ3v) is 2.08. The number of carbonyl (C=O) groups excluding carboxylic acids is 1. The van der Waals surface area contributed by atoms with Gasteiger partial charge in [-0.3, -0.25) is 4.79 Å². The molecule has 0 aliphatic carbocycles. The fourth-order valence-electron chi connectivity index (χ4n) is 1.52. The van der Waals surface area contributed by atoms with Gasteiger partial charge in [0, 0.05) is 0 Å². The molecule has 2 aliphatic heterocycles. The number of carbonyl (C=O) groups is 1. The van der Waals surface area contributed by atoms with Gasteiger partial charge in [0.15, 0.2) is 24.0 Å². The minimum absolute atomic E-state index is 0.0226. The molecule has 0 aromatic carbocycles. The van der Waals surface area contributed by atoms with Crippen LogP contribution in [-0.4, -0.2) is 30.1 Å². The smallest absolute Gasteiger partial charge is 0.195 e. The highest BCUT2D eigenvalue weighted by atomic mass is 16.8. The van der Waals surface area contributed by atoms with Crippen LogP contribution in [0.25, 0.3) is 0 Å². The number of Topliss-reactive ketones (excluding diaryl/α,β-unsaturated/α-hetero) is 1. The van der Waals surface area contributed by atoms with Crippen LogP contribution in [0.4, 0.5) is 0 Å². The van der Waals surface area contributed by atoms with Crippen molar-refractivity contribution < 1.29 is 19.0 Å². The second kappa shape index (κ2) is 2.28. The Morgan fingerprint density at radius 1 is 1.33 bits per heavy atom. The number of hydrogen-bond donors (Lipinski definition) is 0. The summed E-state index contributed by atoms with van der Waals surface area (Å²) in [6, 6.07) is 0. The minimum Gasteiger partial charge on any atom is -0.338 e. The normalized spacial score (nSPS) is 44.9. The quantitative estimate of drug-likeness (QED) is 0.532. The van der Waals surface area contributed by atoms with Crippen LogP contribution < -0.4 is 0 Å². The molecule has 12 heavy (non-hydrogen) atoms. The summed E-state index contributed by atoms with van der Waals surface area (Å²) in [7, 11) is 0. The van der Waals surface area contributed by atoms with Gasteiger partial charge >= 0.3 is 0 Å². The standard InChI is InChI=1S/C8H12O4/c1-4-5(9)6-7(10-4)12-8(2,3)11-6/h4,6-7H,1-3H3/t4-,6-,7-/m1/s1. The Morgan fingerprint density at radius 3 is 2.58 bits per heavy atom. The van der Waals surface area contributed by atoms with E-state index in [0.29, 0.717) is 0 Å². The van der Waals surface area contributed by atoms with Crippen LogP contribution in [0.5, 0.6) is 0 Å². The van der Waals surface area contributed by atoms with E-state index in [1.807, 2.05) is 0 Å². The maximum Gasteiger partial charge on any atom is 0.195 e. The highest BCUT2D eigenvalue weighted by Gasteiger charge is 2.52. The van der Waals surface area contributed by atoms with Gasteiger partial charge in [0.1, 0.15) is 6.10 Å². The van der Waals surface area contributed by atoms with E-state index in [4.69, 9.17) is 14.2 Å².